The summed E-state index contributed by atoms with van der Waals surface area (Å²) in [7, 11) is 0. The fraction of sp³-hybridized carbons (Fsp3) is 0.159. The topological polar surface area (TPSA) is 76.0 Å². The molecule has 6 aromatic carbocycles. The van der Waals surface area contributed by atoms with Gasteiger partial charge in [-0.2, -0.15) is 0 Å². The van der Waals surface area contributed by atoms with Crippen LogP contribution in [0.1, 0.15) is 92.1 Å². The van der Waals surface area contributed by atoms with Crippen molar-refractivity contribution >= 4 is 11.5 Å². The van der Waals surface area contributed by atoms with Crippen molar-refractivity contribution in [2.75, 3.05) is 0 Å². The Morgan fingerprint density at radius 1 is 0.449 bits per heavy atom. The number of amidine groups is 1. The number of aromatic nitrogens is 4. The molecule has 0 spiro atoms. The number of hydrogen-bond donors (Lipinski definition) is 1. The molecule has 6 nitrogen and oxygen atoms in total. The van der Waals surface area contributed by atoms with Crippen molar-refractivity contribution < 1.29 is 0 Å². The van der Waals surface area contributed by atoms with Gasteiger partial charge in [-0.05, 0) is 103 Å². The standard InChI is InChI=1S/C63H50N6/c1-61(2)50-34-41(37-20-24-39(25-21-37)55-53-57(46-15-7-9-17-48(46)62(53,3)4)68-59(66-55)43-14-13-32-64-36-43)28-30-44(50)45-31-29-42(35-51(45)61)38-22-26-40(27-23-38)56-54-58(47-16-8-10-18-49(47)63(54,5)6)69-60(67-56)52-19-11-12-33-65-52/h7-36,55H,1-6H3,(H,66,68). The number of rotatable bonds is 6. The fourth-order valence-electron chi connectivity index (χ4n) is 11.9. The highest BCUT2D eigenvalue weighted by molar-refractivity contribution is 6.05. The maximum atomic E-state index is 5.26. The molecular formula is C63H50N6. The fourth-order valence-corrected chi connectivity index (χ4v) is 11.9. The molecule has 1 aliphatic heterocycles. The van der Waals surface area contributed by atoms with Crippen molar-refractivity contribution in [3.8, 4) is 67.4 Å². The number of hydrogen-bond acceptors (Lipinski definition) is 6. The number of benzene rings is 6. The van der Waals surface area contributed by atoms with E-state index in [2.05, 4.69) is 196 Å². The van der Waals surface area contributed by atoms with Crippen LogP contribution in [-0.2, 0) is 16.2 Å². The van der Waals surface area contributed by atoms with Gasteiger partial charge >= 0.3 is 0 Å². The Morgan fingerprint density at radius 2 is 1.04 bits per heavy atom. The average molecular weight is 891 g/mol. The van der Waals surface area contributed by atoms with Gasteiger partial charge in [-0.3, -0.25) is 9.97 Å². The molecule has 1 unspecified atom stereocenters. The van der Waals surface area contributed by atoms with Crippen molar-refractivity contribution in [3.63, 3.8) is 0 Å². The van der Waals surface area contributed by atoms with E-state index in [0.717, 1.165) is 50.9 Å². The van der Waals surface area contributed by atoms with E-state index in [-0.39, 0.29) is 22.3 Å². The van der Waals surface area contributed by atoms with Gasteiger partial charge in [0.05, 0.1) is 23.1 Å². The molecule has 4 aliphatic rings. The monoisotopic (exact) mass is 890 g/mol. The molecule has 3 aromatic heterocycles. The highest BCUT2D eigenvalue weighted by atomic mass is 15.1. The van der Waals surface area contributed by atoms with Crippen molar-refractivity contribution in [2.45, 2.75) is 63.8 Å². The molecule has 3 aliphatic carbocycles. The second kappa shape index (κ2) is 15.0. The molecule has 6 heteroatoms. The molecule has 332 valence electrons. The molecule has 13 rings (SSSR count). The first-order valence-electron chi connectivity index (χ1n) is 24.0. The lowest BCUT2D eigenvalue weighted by Crippen LogP contribution is -2.37. The summed E-state index contributed by atoms with van der Waals surface area (Å²) in [5.41, 5.74) is 23.9. The second-order valence-electron chi connectivity index (χ2n) is 20.6. The summed E-state index contributed by atoms with van der Waals surface area (Å²) in [5.74, 6) is 1.49. The first-order chi connectivity index (χ1) is 33.5. The first-order valence-corrected chi connectivity index (χ1v) is 24.0. The summed E-state index contributed by atoms with van der Waals surface area (Å²) in [6.07, 6.45) is 5.50. The number of fused-ring (bicyclic) bond motifs is 8. The third-order valence-corrected chi connectivity index (χ3v) is 15.5. The maximum Gasteiger partial charge on any atom is 0.179 e. The van der Waals surface area contributed by atoms with Crippen LogP contribution in [0.5, 0.6) is 0 Å². The van der Waals surface area contributed by atoms with Crippen LogP contribution in [0.15, 0.2) is 193 Å². The van der Waals surface area contributed by atoms with Crippen LogP contribution in [0.25, 0.3) is 73.1 Å². The molecule has 0 bridgehead atoms. The molecule has 0 amide bonds. The van der Waals surface area contributed by atoms with E-state index in [1.54, 1.807) is 6.20 Å². The van der Waals surface area contributed by atoms with Crippen LogP contribution >= 0.6 is 0 Å². The van der Waals surface area contributed by atoms with Crippen molar-refractivity contribution in [1.29, 1.82) is 0 Å². The van der Waals surface area contributed by atoms with Crippen LogP contribution in [0.4, 0.5) is 0 Å². The van der Waals surface area contributed by atoms with Crippen molar-refractivity contribution in [3.05, 3.63) is 232 Å². The van der Waals surface area contributed by atoms with Crippen LogP contribution in [0.2, 0.25) is 0 Å². The van der Waals surface area contributed by atoms with Gasteiger partial charge in [0.25, 0.3) is 0 Å². The molecule has 69 heavy (non-hydrogen) atoms. The third kappa shape index (κ3) is 6.21. The number of aliphatic imine (C=N–C) groups is 1. The van der Waals surface area contributed by atoms with Gasteiger partial charge < -0.3 is 5.32 Å². The summed E-state index contributed by atoms with van der Waals surface area (Å²) in [5, 5.41) is 3.86. The molecule has 0 saturated carbocycles. The van der Waals surface area contributed by atoms with Gasteiger partial charge in [0.1, 0.15) is 11.5 Å². The smallest absolute Gasteiger partial charge is 0.179 e. The van der Waals surface area contributed by atoms with E-state index in [1.165, 1.54) is 72.3 Å². The summed E-state index contributed by atoms with van der Waals surface area (Å²) in [4.78, 5) is 24.8. The van der Waals surface area contributed by atoms with Gasteiger partial charge in [0, 0.05) is 62.7 Å². The molecule has 0 saturated heterocycles. The maximum absolute atomic E-state index is 5.26. The van der Waals surface area contributed by atoms with Crippen molar-refractivity contribution in [1.82, 2.24) is 25.3 Å². The minimum atomic E-state index is -0.261. The van der Waals surface area contributed by atoms with E-state index >= 15 is 0 Å². The van der Waals surface area contributed by atoms with E-state index < -0.39 is 0 Å². The Morgan fingerprint density at radius 3 is 1.70 bits per heavy atom. The van der Waals surface area contributed by atoms with E-state index in [0.29, 0.717) is 5.82 Å². The van der Waals surface area contributed by atoms with Gasteiger partial charge in [0.2, 0.25) is 0 Å². The Hall–Kier alpha value is -8.09. The Balaban J connectivity index is 0.806. The highest BCUT2D eigenvalue weighted by Gasteiger charge is 2.45. The van der Waals surface area contributed by atoms with Crippen LogP contribution < -0.4 is 5.32 Å². The quantitative estimate of drug-likeness (QED) is 0.180. The van der Waals surface area contributed by atoms with Gasteiger partial charge in [0.15, 0.2) is 5.82 Å². The minimum Gasteiger partial charge on any atom is -0.359 e. The molecule has 1 atom stereocenters. The number of nitrogens with zero attached hydrogens (tertiary/aromatic N) is 5. The number of pyridine rings is 2. The molecular weight excluding hydrogens is 841 g/mol. The SMILES string of the molecule is CC1(C)C2=C(N=C(c3cccnc3)NC2c2ccc(-c3ccc4c(c3)C(C)(C)c3cc(-c5ccc(-c6nc(-c7ccccn7)nc7c6C(C)(C)c6ccccc6-7)cc5)ccc3-4)cc2)c2ccccc21. The Bertz CT molecular complexity index is 3640. The molecule has 9 aromatic rings. The molecule has 1 N–H and O–H groups in total. The predicted molar refractivity (Wildman–Crippen MR) is 280 cm³/mol. The predicted octanol–water partition coefficient (Wildman–Crippen LogP) is 14.3. The molecule has 0 radical (unpaired) electrons. The summed E-state index contributed by atoms with van der Waals surface area (Å²) < 4.78 is 0. The van der Waals surface area contributed by atoms with E-state index in [4.69, 9.17) is 15.0 Å². The molecule has 0 fully saturated rings. The van der Waals surface area contributed by atoms with E-state index in [1.807, 2.05) is 36.7 Å². The zero-order chi connectivity index (χ0) is 46.8. The Kier molecular flexibility index (Phi) is 8.91. The summed E-state index contributed by atoms with van der Waals surface area (Å²) >= 11 is 0. The normalized spacial score (nSPS) is 17.2. The first kappa shape index (κ1) is 41.1. The van der Waals surface area contributed by atoms with Crippen molar-refractivity contribution in [2.24, 2.45) is 4.99 Å². The lowest BCUT2D eigenvalue weighted by Gasteiger charge is -2.34. The summed E-state index contributed by atoms with van der Waals surface area (Å²) in [6.45, 7) is 14.0. The second-order valence-corrected chi connectivity index (χ2v) is 20.6. The van der Waals surface area contributed by atoms with Gasteiger partial charge in [-0.15, -0.1) is 0 Å². The number of nitrogens with one attached hydrogen (secondary N) is 1. The average Bonchev–Trinajstić information content (AvgIpc) is 3.88. The van der Waals surface area contributed by atoms with E-state index in [9.17, 15) is 0 Å². The van der Waals surface area contributed by atoms with Gasteiger partial charge in [-0.1, -0.05) is 169 Å². The van der Waals surface area contributed by atoms with Crippen LogP contribution in [0.3, 0.4) is 0 Å². The zero-order valence-corrected chi connectivity index (χ0v) is 39.6. The zero-order valence-electron chi connectivity index (χ0n) is 39.6. The Labute approximate surface area is 403 Å². The minimum absolute atomic E-state index is 0.0499. The largest absolute Gasteiger partial charge is 0.359 e. The van der Waals surface area contributed by atoms with Crippen LogP contribution in [-0.4, -0.2) is 25.8 Å². The third-order valence-electron chi connectivity index (χ3n) is 15.5. The lowest BCUT2D eigenvalue weighted by molar-refractivity contribution is 0.554. The van der Waals surface area contributed by atoms with Gasteiger partial charge in [-0.25, -0.2) is 15.0 Å². The lowest BCUT2D eigenvalue weighted by atomic mass is 9.76. The summed E-state index contributed by atoms with van der Waals surface area (Å²) in [6, 6.07) is 59.4. The highest BCUT2D eigenvalue weighted by Crippen LogP contribution is 2.55. The van der Waals surface area contributed by atoms with Crippen LogP contribution in [0, 0.1) is 0 Å². The molecule has 4 heterocycles.